The average molecular weight is 363 g/mol. The van der Waals surface area contributed by atoms with Crippen molar-refractivity contribution in [2.75, 3.05) is 6.61 Å². The van der Waals surface area contributed by atoms with Gasteiger partial charge >= 0.3 is 6.03 Å². The molecule has 1 aromatic heterocycles. The number of carbonyl (C=O) groups is 1. The maximum absolute atomic E-state index is 10.9. The van der Waals surface area contributed by atoms with Crippen molar-refractivity contribution in [2.24, 2.45) is 10.8 Å². The lowest BCUT2D eigenvalue weighted by Gasteiger charge is -2.05. The minimum absolute atomic E-state index is 0.679. The highest BCUT2D eigenvalue weighted by Gasteiger charge is 2.11. The average Bonchev–Trinajstić information content (AvgIpc) is 3.11. The van der Waals surface area contributed by atoms with Gasteiger partial charge in [-0.2, -0.15) is 10.2 Å². The number of urea groups is 1. The van der Waals surface area contributed by atoms with E-state index in [0.29, 0.717) is 6.61 Å². The van der Waals surface area contributed by atoms with Gasteiger partial charge in [0.25, 0.3) is 0 Å². The standard InChI is InChI=1S/C20H21N5O2/c1-2-12-27-18-10-8-15(9-11-18)19-16(13-22-23-20(21)26)14-25(24-19)17-6-4-3-5-7-17/h3-11,13-14H,2,12H2,1H3,(H3,21,23,26). The van der Waals surface area contributed by atoms with Crippen molar-refractivity contribution < 1.29 is 9.53 Å². The van der Waals surface area contributed by atoms with Gasteiger partial charge in [0.2, 0.25) is 0 Å². The van der Waals surface area contributed by atoms with Gasteiger partial charge in [0, 0.05) is 17.3 Å². The molecular formula is C20H21N5O2. The van der Waals surface area contributed by atoms with E-state index in [9.17, 15) is 4.79 Å². The fraction of sp³-hybridized carbons (Fsp3) is 0.150. The smallest absolute Gasteiger partial charge is 0.332 e. The summed E-state index contributed by atoms with van der Waals surface area (Å²) in [5.74, 6) is 0.814. The second kappa shape index (κ2) is 8.66. The van der Waals surface area contributed by atoms with Crippen molar-refractivity contribution in [3.8, 4) is 22.7 Å². The van der Waals surface area contributed by atoms with Crippen molar-refractivity contribution in [1.29, 1.82) is 0 Å². The molecule has 0 saturated carbocycles. The Kier molecular flexibility index (Phi) is 5.84. The van der Waals surface area contributed by atoms with E-state index in [-0.39, 0.29) is 0 Å². The summed E-state index contributed by atoms with van der Waals surface area (Å²) in [5.41, 5.74) is 10.6. The van der Waals surface area contributed by atoms with E-state index < -0.39 is 6.03 Å². The van der Waals surface area contributed by atoms with E-state index in [1.54, 1.807) is 4.68 Å². The quantitative estimate of drug-likeness (QED) is 0.498. The van der Waals surface area contributed by atoms with Gasteiger partial charge in [0.05, 0.1) is 18.5 Å². The van der Waals surface area contributed by atoms with Crippen LogP contribution in [0.3, 0.4) is 0 Å². The third kappa shape index (κ3) is 4.72. The number of hydrogen-bond acceptors (Lipinski definition) is 4. The molecule has 0 aliphatic carbocycles. The lowest BCUT2D eigenvalue weighted by atomic mass is 10.1. The van der Waals surface area contributed by atoms with Crippen LogP contribution in [0.5, 0.6) is 5.75 Å². The van der Waals surface area contributed by atoms with Crippen LogP contribution < -0.4 is 15.9 Å². The summed E-state index contributed by atoms with van der Waals surface area (Å²) in [6.07, 6.45) is 4.32. The normalized spacial score (nSPS) is 10.9. The second-order valence-corrected chi connectivity index (χ2v) is 5.82. The summed E-state index contributed by atoms with van der Waals surface area (Å²) in [7, 11) is 0. The Balaban J connectivity index is 1.95. The summed E-state index contributed by atoms with van der Waals surface area (Å²) in [4.78, 5) is 10.9. The number of para-hydroxylation sites is 1. The van der Waals surface area contributed by atoms with Gasteiger partial charge < -0.3 is 10.5 Å². The van der Waals surface area contributed by atoms with Crippen LogP contribution in [0.15, 0.2) is 65.9 Å². The first-order valence-corrected chi connectivity index (χ1v) is 8.64. The van der Waals surface area contributed by atoms with Crippen LogP contribution in [-0.2, 0) is 0 Å². The molecule has 2 aromatic carbocycles. The highest BCUT2D eigenvalue weighted by molar-refractivity contribution is 5.89. The molecule has 0 aliphatic rings. The lowest BCUT2D eigenvalue weighted by molar-refractivity contribution is 0.249. The number of rotatable bonds is 7. The number of hydrazone groups is 1. The van der Waals surface area contributed by atoms with Crippen LogP contribution >= 0.6 is 0 Å². The zero-order valence-electron chi connectivity index (χ0n) is 15.0. The molecule has 3 N–H and O–H groups in total. The van der Waals surface area contributed by atoms with E-state index >= 15 is 0 Å². The van der Waals surface area contributed by atoms with E-state index in [1.807, 2.05) is 60.8 Å². The van der Waals surface area contributed by atoms with Crippen molar-refractivity contribution >= 4 is 12.2 Å². The molecule has 7 nitrogen and oxygen atoms in total. The van der Waals surface area contributed by atoms with Crippen LogP contribution in [0.1, 0.15) is 18.9 Å². The Morgan fingerprint density at radius 1 is 1.22 bits per heavy atom. The molecular weight excluding hydrogens is 342 g/mol. The first-order valence-electron chi connectivity index (χ1n) is 8.64. The molecule has 0 radical (unpaired) electrons. The molecule has 3 rings (SSSR count). The monoisotopic (exact) mass is 363 g/mol. The number of amides is 2. The minimum Gasteiger partial charge on any atom is -0.494 e. The van der Waals surface area contributed by atoms with Gasteiger partial charge in [0.1, 0.15) is 11.4 Å². The maximum atomic E-state index is 10.9. The Morgan fingerprint density at radius 2 is 1.96 bits per heavy atom. The zero-order chi connectivity index (χ0) is 19.1. The topological polar surface area (TPSA) is 94.5 Å². The van der Waals surface area contributed by atoms with Gasteiger partial charge in [-0.3, -0.25) is 0 Å². The zero-order valence-corrected chi connectivity index (χ0v) is 15.0. The number of nitrogens with zero attached hydrogens (tertiary/aromatic N) is 3. The number of nitrogens with one attached hydrogen (secondary N) is 1. The van der Waals surface area contributed by atoms with Crippen molar-refractivity contribution in [1.82, 2.24) is 15.2 Å². The number of aromatic nitrogens is 2. The van der Waals surface area contributed by atoms with Gasteiger partial charge in [-0.1, -0.05) is 25.1 Å². The highest BCUT2D eigenvalue weighted by Crippen LogP contribution is 2.25. The molecule has 1 heterocycles. The summed E-state index contributed by atoms with van der Waals surface area (Å²) in [6.45, 7) is 2.75. The third-order valence-corrected chi connectivity index (χ3v) is 3.74. The first kappa shape index (κ1) is 18.2. The molecule has 0 spiro atoms. The Labute approximate surface area is 157 Å². The molecule has 7 heteroatoms. The fourth-order valence-corrected chi connectivity index (χ4v) is 2.51. The van der Waals surface area contributed by atoms with Gasteiger partial charge in [-0.15, -0.1) is 0 Å². The van der Waals surface area contributed by atoms with Crippen LogP contribution in [0.4, 0.5) is 4.79 Å². The van der Waals surface area contributed by atoms with Crippen LogP contribution in [0, 0.1) is 0 Å². The number of carbonyl (C=O) groups excluding carboxylic acids is 1. The van der Waals surface area contributed by atoms with Crippen LogP contribution in [0.25, 0.3) is 16.9 Å². The summed E-state index contributed by atoms with van der Waals surface area (Å²) in [5, 5.41) is 8.55. The van der Waals surface area contributed by atoms with Gasteiger partial charge in [-0.25, -0.2) is 14.9 Å². The maximum Gasteiger partial charge on any atom is 0.332 e. The third-order valence-electron chi connectivity index (χ3n) is 3.74. The molecule has 0 atom stereocenters. The van der Waals surface area contributed by atoms with Crippen molar-refractivity contribution in [3.05, 3.63) is 66.4 Å². The molecule has 0 unspecified atom stereocenters. The van der Waals surface area contributed by atoms with Crippen LogP contribution in [0.2, 0.25) is 0 Å². The molecule has 0 fully saturated rings. The number of nitrogens with two attached hydrogens (primary N) is 1. The second-order valence-electron chi connectivity index (χ2n) is 5.82. The van der Waals surface area contributed by atoms with E-state index in [4.69, 9.17) is 10.5 Å². The number of hydrogen-bond donors (Lipinski definition) is 2. The Bertz CT molecular complexity index is 917. The minimum atomic E-state index is -0.722. The first-order chi connectivity index (χ1) is 13.2. The molecule has 0 bridgehead atoms. The van der Waals surface area contributed by atoms with Gasteiger partial charge in [-0.05, 0) is 42.8 Å². The molecule has 0 aliphatic heterocycles. The Hall–Kier alpha value is -3.61. The fourth-order valence-electron chi connectivity index (χ4n) is 2.51. The number of ether oxygens (including phenoxy) is 1. The molecule has 138 valence electrons. The Morgan fingerprint density at radius 3 is 2.63 bits per heavy atom. The predicted octanol–water partition coefficient (Wildman–Crippen LogP) is 3.33. The predicted molar refractivity (Wildman–Crippen MR) is 105 cm³/mol. The highest BCUT2D eigenvalue weighted by atomic mass is 16.5. The van der Waals surface area contributed by atoms with Crippen molar-refractivity contribution in [2.45, 2.75) is 13.3 Å². The van der Waals surface area contributed by atoms with Crippen molar-refractivity contribution in [3.63, 3.8) is 0 Å². The lowest BCUT2D eigenvalue weighted by Crippen LogP contribution is -2.24. The van der Waals surface area contributed by atoms with E-state index in [2.05, 4.69) is 22.5 Å². The molecule has 2 amide bonds. The summed E-state index contributed by atoms with van der Waals surface area (Å²) >= 11 is 0. The summed E-state index contributed by atoms with van der Waals surface area (Å²) in [6, 6.07) is 16.7. The summed E-state index contributed by atoms with van der Waals surface area (Å²) < 4.78 is 7.40. The molecule has 0 saturated heterocycles. The molecule has 3 aromatic rings. The van der Waals surface area contributed by atoms with E-state index in [0.717, 1.165) is 34.7 Å². The number of benzene rings is 2. The number of primary amides is 1. The van der Waals surface area contributed by atoms with Gasteiger partial charge in [0.15, 0.2) is 0 Å². The molecule has 27 heavy (non-hydrogen) atoms. The van der Waals surface area contributed by atoms with E-state index in [1.165, 1.54) is 6.21 Å². The largest absolute Gasteiger partial charge is 0.494 e. The van der Waals surface area contributed by atoms with Crippen LogP contribution in [-0.4, -0.2) is 28.6 Å². The SMILES string of the molecule is CCCOc1ccc(-c2nn(-c3ccccc3)cc2C=NNC(N)=O)cc1.